The second-order valence-corrected chi connectivity index (χ2v) is 5.33. The Morgan fingerprint density at radius 1 is 1.40 bits per heavy atom. The minimum Gasteiger partial charge on any atom is -0.481 e. The number of halogens is 2. The predicted molar refractivity (Wildman–Crippen MR) is 73.3 cm³/mol. The first kappa shape index (κ1) is 16.6. The molecule has 0 aromatic heterocycles. The molecule has 0 saturated carbocycles. The van der Waals surface area contributed by atoms with Crippen LogP contribution in [0.15, 0.2) is 18.2 Å². The van der Waals surface area contributed by atoms with Gasteiger partial charge in [0, 0.05) is 6.04 Å². The monoisotopic (exact) mass is 285 g/mol. The van der Waals surface area contributed by atoms with E-state index in [0.29, 0.717) is 18.4 Å². The van der Waals surface area contributed by atoms with Crippen molar-refractivity contribution in [3.63, 3.8) is 0 Å². The van der Waals surface area contributed by atoms with Crippen molar-refractivity contribution < 1.29 is 18.7 Å². The van der Waals surface area contributed by atoms with Crippen LogP contribution < -0.4 is 5.73 Å². The van der Waals surface area contributed by atoms with E-state index < -0.39 is 11.8 Å². The summed E-state index contributed by atoms with van der Waals surface area (Å²) < 4.78 is 26.4. The molecule has 3 nitrogen and oxygen atoms in total. The number of carboxylic acid groups (broad SMARTS) is 1. The SMILES string of the molecule is CC(CCCc1cc(F)ccc1F)CC(N)CC(=O)O. The highest BCUT2D eigenvalue weighted by Crippen LogP contribution is 2.18. The van der Waals surface area contributed by atoms with E-state index in [4.69, 9.17) is 10.8 Å². The summed E-state index contributed by atoms with van der Waals surface area (Å²) in [4.78, 5) is 10.5. The smallest absolute Gasteiger partial charge is 0.304 e. The molecule has 0 bridgehead atoms. The van der Waals surface area contributed by atoms with E-state index in [1.165, 1.54) is 6.07 Å². The highest BCUT2D eigenvalue weighted by molar-refractivity contribution is 5.67. The predicted octanol–water partition coefficient (Wildman–Crippen LogP) is 3.12. The van der Waals surface area contributed by atoms with Gasteiger partial charge in [0.15, 0.2) is 0 Å². The Hall–Kier alpha value is -1.49. The number of hydrogen-bond donors (Lipinski definition) is 2. The highest BCUT2D eigenvalue weighted by atomic mass is 19.1. The first-order chi connectivity index (χ1) is 9.38. The number of aliphatic carboxylic acids is 1. The first-order valence-electron chi connectivity index (χ1n) is 6.79. The molecule has 0 fully saturated rings. The van der Waals surface area contributed by atoms with Gasteiger partial charge >= 0.3 is 5.97 Å². The summed E-state index contributed by atoms with van der Waals surface area (Å²) in [6, 6.07) is 3.10. The van der Waals surface area contributed by atoms with Gasteiger partial charge in [0.25, 0.3) is 0 Å². The maximum Gasteiger partial charge on any atom is 0.304 e. The lowest BCUT2D eigenvalue weighted by atomic mass is 9.94. The van der Waals surface area contributed by atoms with Crippen molar-refractivity contribution in [2.45, 2.75) is 45.1 Å². The van der Waals surface area contributed by atoms with Crippen molar-refractivity contribution in [2.75, 3.05) is 0 Å². The van der Waals surface area contributed by atoms with Crippen LogP contribution >= 0.6 is 0 Å². The van der Waals surface area contributed by atoms with Crippen molar-refractivity contribution in [1.29, 1.82) is 0 Å². The van der Waals surface area contributed by atoms with Crippen molar-refractivity contribution in [3.8, 4) is 0 Å². The summed E-state index contributed by atoms with van der Waals surface area (Å²) in [6.45, 7) is 1.99. The molecule has 3 N–H and O–H groups in total. The Morgan fingerprint density at radius 3 is 2.75 bits per heavy atom. The topological polar surface area (TPSA) is 63.3 Å². The molecule has 0 heterocycles. The highest BCUT2D eigenvalue weighted by Gasteiger charge is 2.13. The van der Waals surface area contributed by atoms with Gasteiger partial charge in [-0.25, -0.2) is 8.78 Å². The number of benzene rings is 1. The van der Waals surface area contributed by atoms with Crippen LogP contribution in [0.3, 0.4) is 0 Å². The number of carbonyl (C=O) groups is 1. The average molecular weight is 285 g/mol. The number of nitrogens with two attached hydrogens (primary N) is 1. The van der Waals surface area contributed by atoms with Crippen LogP contribution in [0.1, 0.15) is 38.2 Å². The summed E-state index contributed by atoms with van der Waals surface area (Å²) in [5.41, 5.74) is 6.09. The van der Waals surface area contributed by atoms with E-state index in [-0.39, 0.29) is 24.2 Å². The lowest BCUT2D eigenvalue weighted by Crippen LogP contribution is -2.26. The fourth-order valence-corrected chi connectivity index (χ4v) is 2.32. The van der Waals surface area contributed by atoms with Crippen LogP contribution in [-0.4, -0.2) is 17.1 Å². The molecule has 1 aromatic carbocycles. The van der Waals surface area contributed by atoms with E-state index >= 15 is 0 Å². The summed E-state index contributed by atoms with van der Waals surface area (Å²) in [7, 11) is 0. The maximum absolute atomic E-state index is 13.4. The van der Waals surface area contributed by atoms with Gasteiger partial charge < -0.3 is 10.8 Å². The van der Waals surface area contributed by atoms with Crippen LogP contribution in [0.4, 0.5) is 8.78 Å². The molecule has 20 heavy (non-hydrogen) atoms. The Labute approximate surface area is 117 Å². The van der Waals surface area contributed by atoms with E-state index in [2.05, 4.69) is 0 Å². The zero-order valence-electron chi connectivity index (χ0n) is 11.6. The molecular weight excluding hydrogens is 264 g/mol. The van der Waals surface area contributed by atoms with Gasteiger partial charge in [0.2, 0.25) is 0 Å². The summed E-state index contributed by atoms with van der Waals surface area (Å²) in [5.74, 6) is -1.45. The molecular formula is C15H21F2NO2. The third kappa shape index (κ3) is 6.10. The molecule has 5 heteroatoms. The number of aryl methyl sites for hydroxylation is 1. The molecule has 0 amide bonds. The minimum absolute atomic E-state index is 0.0388. The number of rotatable bonds is 8. The van der Waals surface area contributed by atoms with Gasteiger partial charge in [-0.15, -0.1) is 0 Å². The normalized spacial score (nSPS) is 14.0. The molecule has 2 atom stereocenters. The molecule has 0 aliphatic heterocycles. The third-order valence-corrected chi connectivity index (χ3v) is 3.29. The van der Waals surface area contributed by atoms with E-state index in [1.807, 2.05) is 6.92 Å². The second-order valence-electron chi connectivity index (χ2n) is 5.33. The minimum atomic E-state index is -0.897. The van der Waals surface area contributed by atoms with Crippen LogP contribution in [0.5, 0.6) is 0 Å². The van der Waals surface area contributed by atoms with Crippen LogP contribution in [0.2, 0.25) is 0 Å². The van der Waals surface area contributed by atoms with Gasteiger partial charge in [0.05, 0.1) is 6.42 Å². The van der Waals surface area contributed by atoms with Gasteiger partial charge in [-0.2, -0.15) is 0 Å². The molecule has 1 aromatic rings. The quantitative estimate of drug-likeness (QED) is 0.771. The molecule has 0 radical (unpaired) electrons. The zero-order valence-corrected chi connectivity index (χ0v) is 11.6. The molecule has 0 aliphatic rings. The molecule has 112 valence electrons. The fourth-order valence-electron chi connectivity index (χ4n) is 2.32. The van der Waals surface area contributed by atoms with Crippen LogP contribution in [-0.2, 0) is 11.2 Å². The maximum atomic E-state index is 13.4. The Balaban J connectivity index is 2.33. The molecule has 0 spiro atoms. The average Bonchev–Trinajstić information content (AvgIpc) is 2.32. The summed E-state index contributed by atoms with van der Waals surface area (Å²) in [6.07, 6.45) is 2.59. The van der Waals surface area contributed by atoms with Gasteiger partial charge in [0.1, 0.15) is 11.6 Å². The number of hydrogen-bond acceptors (Lipinski definition) is 2. The van der Waals surface area contributed by atoms with Gasteiger partial charge in [-0.05, 0) is 48.9 Å². The third-order valence-electron chi connectivity index (χ3n) is 3.29. The fraction of sp³-hybridized carbons (Fsp3) is 0.533. The molecule has 0 aliphatic carbocycles. The van der Waals surface area contributed by atoms with E-state index in [1.54, 1.807) is 0 Å². The van der Waals surface area contributed by atoms with Crippen molar-refractivity contribution in [1.82, 2.24) is 0 Å². The van der Waals surface area contributed by atoms with Crippen LogP contribution in [0, 0.1) is 17.6 Å². The summed E-state index contributed by atoms with van der Waals surface area (Å²) in [5, 5.41) is 8.62. The molecule has 0 saturated heterocycles. The lowest BCUT2D eigenvalue weighted by molar-refractivity contribution is -0.137. The van der Waals surface area contributed by atoms with E-state index in [0.717, 1.165) is 25.0 Å². The Morgan fingerprint density at radius 2 is 2.10 bits per heavy atom. The van der Waals surface area contributed by atoms with Crippen LogP contribution in [0.25, 0.3) is 0 Å². The Bertz CT molecular complexity index is 451. The van der Waals surface area contributed by atoms with Crippen molar-refractivity contribution in [2.24, 2.45) is 11.7 Å². The number of carboxylic acids is 1. The molecule has 1 rings (SSSR count). The Kier molecular flexibility index (Phi) is 6.58. The standard InChI is InChI=1S/C15H21F2NO2/c1-10(7-13(18)9-15(19)20)3-2-4-11-8-12(16)5-6-14(11)17/h5-6,8,10,13H,2-4,7,9,18H2,1H3,(H,19,20). The van der Waals surface area contributed by atoms with E-state index in [9.17, 15) is 13.6 Å². The lowest BCUT2D eigenvalue weighted by Gasteiger charge is -2.15. The van der Waals surface area contributed by atoms with Gasteiger partial charge in [-0.1, -0.05) is 13.3 Å². The molecule has 2 unspecified atom stereocenters. The first-order valence-corrected chi connectivity index (χ1v) is 6.79. The summed E-state index contributed by atoms with van der Waals surface area (Å²) >= 11 is 0. The van der Waals surface area contributed by atoms with Crippen molar-refractivity contribution in [3.05, 3.63) is 35.4 Å². The largest absolute Gasteiger partial charge is 0.481 e. The van der Waals surface area contributed by atoms with Gasteiger partial charge in [-0.3, -0.25) is 4.79 Å². The van der Waals surface area contributed by atoms with Crippen molar-refractivity contribution >= 4 is 5.97 Å². The second kappa shape index (κ2) is 7.94. The zero-order chi connectivity index (χ0) is 15.1.